The highest BCUT2D eigenvalue weighted by atomic mass is 32.1. The first-order chi connectivity index (χ1) is 16.8. The fourth-order valence-electron chi connectivity index (χ4n) is 5.10. The van der Waals surface area contributed by atoms with Crippen LogP contribution in [-0.4, -0.2) is 46.3 Å². The largest absolute Gasteiger partial charge is 0.473 e. The van der Waals surface area contributed by atoms with Crippen LogP contribution >= 0.6 is 11.3 Å². The van der Waals surface area contributed by atoms with E-state index in [0.29, 0.717) is 22.0 Å². The molecule has 0 radical (unpaired) electrons. The van der Waals surface area contributed by atoms with Crippen molar-refractivity contribution in [2.24, 2.45) is 11.1 Å². The van der Waals surface area contributed by atoms with Gasteiger partial charge in [-0.05, 0) is 62.3 Å². The Morgan fingerprint density at radius 3 is 2.54 bits per heavy atom. The van der Waals surface area contributed by atoms with Gasteiger partial charge in [0, 0.05) is 17.4 Å². The van der Waals surface area contributed by atoms with Gasteiger partial charge in [0.1, 0.15) is 6.10 Å². The molecule has 2 amide bonds. The number of aromatic nitrogens is 3. The van der Waals surface area contributed by atoms with Crippen LogP contribution in [0.3, 0.4) is 0 Å². The van der Waals surface area contributed by atoms with Crippen molar-refractivity contribution in [3.8, 4) is 17.1 Å². The monoisotopic (exact) mass is 492 g/mol. The molecule has 3 aromatic rings. The molecule has 0 atom stereocenters. The molecule has 1 spiro atoms. The Labute approximate surface area is 205 Å². The number of anilines is 1. The number of nitrogens with zero attached hydrogens (tertiary/aromatic N) is 4. The number of methoxy groups -OCH3 is 1. The molecule has 2 saturated carbocycles. The average Bonchev–Trinajstić information content (AvgIpc) is 3.42. The number of nitrogens with two attached hydrogens (primary N) is 1. The van der Waals surface area contributed by atoms with Crippen LogP contribution in [0.2, 0.25) is 0 Å². The normalized spacial score (nSPS) is 22.5. The third-order valence-electron chi connectivity index (χ3n) is 6.83. The second-order valence-corrected chi connectivity index (χ2v) is 10.1. The van der Waals surface area contributed by atoms with Crippen LogP contribution in [0.1, 0.15) is 57.0 Å². The van der Waals surface area contributed by atoms with Crippen molar-refractivity contribution >= 4 is 28.8 Å². The van der Waals surface area contributed by atoms with Crippen LogP contribution in [0, 0.1) is 23.7 Å². The van der Waals surface area contributed by atoms with Crippen LogP contribution < -0.4 is 20.1 Å². The molecule has 10 nitrogen and oxygen atoms in total. The number of hydrogen-bond donors (Lipinski definition) is 2. The molecular formula is C24H24N6O4S. The van der Waals surface area contributed by atoms with Crippen LogP contribution in [0.5, 0.6) is 11.1 Å². The smallest absolute Gasteiger partial charge is 0.277 e. The van der Waals surface area contributed by atoms with Crippen LogP contribution in [0.25, 0.3) is 0 Å². The maximum Gasteiger partial charge on any atom is 0.277 e. The summed E-state index contributed by atoms with van der Waals surface area (Å²) in [5.41, 5.74) is 8.06. The number of aromatic amines is 1. The summed E-state index contributed by atoms with van der Waals surface area (Å²) < 4.78 is 11.1. The summed E-state index contributed by atoms with van der Waals surface area (Å²) in [5, 5.41) is 16.3. The minimum atomic E-state index is -0.593. The van der Waals surface area contributed by atoms with Gasteiger partial charge in [0.05, 0.1) is 30.5 Å². The Morgan fingerprint density at radius 1 is 1.26 bits per heavy atom. The first-order valence-electron chi connectivity index (χ1n) is 11.2. The minimum Gasteiger partial charge on any atom is -0.473 e. The average molecular weight is 493 g/mol. The molecule has 0 aliphatic heterocycles. The topological polar surface area (TPSA) is 147 Å². The Balaban J connectivity index is 1.28. The van der Waals surface area contributed by atoms with Crippen molar-refractivity contribution in [2.75, 3.05) is 12.0 Å². The summed E-state index contributed by atoms with van der Waals surface area (Å²) in [5.74, 6) is -0.488. The van der Waals surface area contributed by atoms with E-state index in [1.807, 2.05) is 24.0 Å². The van der Waals surface area contributed by atoms with Crippen LogP contribution in [-0.2, 0) is 0 Å². The highest BCUT2D eigenvalue weighted by Gasteiger charge is 2.56. The lowest BCUT2D eigenvalue weighted by Crippen LogP contribution is -2.60. The molecule has 5 rings (SSSR count). The van der Waals surface area contributed by atoms with Crippen LogP contribution in [0.4, 0.5) is 5.69 Å². The van der Waals surface area contributed by atoms with Gasteiger partial charge < -0.3 is 20.1 Å². The van der Waals surface area contributed by atoms with Crippen molar-refractivity contribution in [1.82, 2.24) is 15.2 Å². The first-order valence-corrected chi connectivity index (χ1v) is 12.0. The van der Waals surface area contributed by atoms with E-state index in [1.54, 1.807) is 18.3 Å². The van der Waals surface area contributed by atoms with E-state index in [-0.39, 0.29) is 34.2 Å². The van der Waals surface area contributed by atoms with E-state index in [1.165, 1.54) is 7.11 Å². The lowest BCUT2D eigenvalue weighted by Gasteiger charge is -2.59. The molecule has 2 aliphatic rings. The number of nitrogens with one attached hydrogen (secondary N) is 1. The second-order valence-electron chi connectivity index (χ2n) is 9.14. The summed E-state index contributed by atoms with van der Waals surface area (Å²) in [7, 11) is 1.48. The van der Waals surface area contributed by atoms with Gasteiger partial charge in [-0.25, -0.2) is 0 Å². The van der Waals surface area contributed by atoms with Crippen LogP contribution in [0.15, 0.2) is 30.5 Å². The van der Waals surface area contributed by atoms with Gasteiger partial charge in [-0.3, -0.25) is 14.7 Å². The first kappa shape index (κ1) is 22.9. The van der Waals surface area contributed by atoms with Gasteiger partial charge in [-0.15, -0.1) is 0 Å². The maximum atomic E-state index is 13.5. The highest BCUT2D eigenvalue weighted by molar-refractivity contribution is 7.15. The summed E-state index contributed by atoms with van der Waals surface area (Å²) in [6, 6.07) is 9.20. The number of rotatable bonds is 7. The number of carbonyl (C=O) groups excluding carboxylic acids is 2. The van der Waals surface area contributed by atoms with Crippen molar-refractivity contribution in [3.05, 3.63) is 52.2 Å². The number of ether oxygens (including phenoxy) is 2. The third-order valence-corrected chi connectivity index (χ3v) is 7.84. The number of H-pyrrole nitrogens is 1. The lowest BCUT2D eigenvalue weighted by atomic mass is 9.52. The quantitative estimate of drug-likeness (QED) is 0.515. The van der Waals surface area contributed by atoms with Crippen molar-refractivity contribution in [3.63, 3.8) is 0 Å². The van der Waals surface area contributed by atoms with Gasteiger partial charge in [-0.2, -0.15) is 15.3 Å². The number of aryl methyl sites for hydroxylation is 1. The predicted octanol–water partition coefficient (Wildman–Crippen LogP) is 3.19. The number of carbonyl (C=O) groups is 2. The Hall–Kier alpha value is -3.91. The van der Waals surface area contributed by atoms with Crippen molar-refractivity contribution in [1.29, 1.82) is 5.26 Å². The molecule has 2 aromatic heterocycles. The Morgan fingerprint density at radius 2 is 1.97 bits per heavy atom. The van der Waals surface area contributed by atoms with Crippen molar-refractivity contribution < 1.29 is 19.1 Å². The number of thiazole rings is 1. The molecule has 0 unspecified atom stereocenters. The number of primary amides is 1. The molecule has 2 heterocycles. The molecule has 180 valence electrons. The summed E-state index contributed by atoms with van der Waals surface area (Å²) >= 11 is 1.07. The fourth-order valence-corrected chi connectivity index (χ4v) is 5.77. The van der Waals surface area contributed by atoms with E-state index in [9.17, 15) is 9.59 Å². The highest BCUT2D eigenvalue weighted by Crippen LogP contribution is 2.58. The van der Waals surface area contributed by atoms with E-state index in [4.69, 9.17) is 20.5 Å². The molecule has 3 N–H and O–H groups in total. The molecule has 0 bridgehead atoms. The van der Waals surface area contributed by atoms with E-state index < -0.39 is 5.91 Å². The molecule has 2 aliphatic carbocycles. The molecule has 11 heteroatoms. The number of hydrogen-bond acceptors (Lipinski definition) is 8. The molecule has 2 fully saturated rings. The molecule has 35 heavy (non-hydrogen) atoms. The zero-order valence-electron chi connectivity index (χ0n) is 19.3. The lowest BCUT2D eigenvalue weighted by molar-refractivity contribution is -0.0798. The Bertz CT molecular complexity index is 1310. The van der Waals surface area contributed by atoms with Gasteiger partial charge in [-0.1, -0.05) is 11.3 Å². The second kappa shape index (κ2) is 8.70. The molecule has 0 saturated heterocycles. The fraction of sp³-hybridized carbons (Fsp3) is 0.375. The summed E-state index contributed by atoms with van der Waals surface area (Å²) in [6.07, 6.45) is 4.76. The van der Waals surface area contributed by atoms with Gasteiger partial charge in [0.2, 0.25) is 5.88 Å². The maximum absolute atomic E-state index is 13.5. The van der Waals surface area contributed by atoms with Crippen molar-refractivity contribution in [2.45, 2.75) is 44.8 Å². The van der Waals surface area contributed by atoms with Gasteiger partial charge >= 0.3 is 0 Å². The zero-order valence-corrected chi connectivity index (χ0v) is 20.1. The number of amides is 2. The minimum absolute atomic E-state index is 0.0197. The predicted molar refractivity (Wildman–Crippen MR) is 128 cm³/mol. The summed E-state index contributed by atoms with van der Waals surface area (Å²) in [4.78, 5) is 31.5. The Kier molecular flexibility index (Phi) is 5.68. The van der Waals surface area contributed by atoms with E-state index in [0.717, 1.165) is 42.7 Å². The SMILES string of the molecule is COc1nc(OC2CC3(C2)CC(N(C(=O)c2cn[nH]c2C)c2ccc(C#N)cc2)C3)c(C(N)=O)s1. The summed E-state index contributed by atoms with van der Waals surface area (Å²) in [6.45, 7) is 1.82. The number of nitriles is 1. The van der Waals surface area contributed by atoms with Gasteiger partial charge in [0.25, 0.3) is 17.0 Å². The van der Waals surface area contributed by atoms with E-state index >= 15 is 0 Å². The standard InChI is InChI=1S/C24H24N6O4S/c1-13-18(12-27-29-13)22(32)30(15-5-3-14(11-25)4-6-15)16-7-24(8-16)9-17(10-24)34-21-19(20(26)31)35-23(28-21)33-2/h3-6,12,16-17H,7-10H2,1-2H3,(H2,26,31)(H,27,29). The van der Waals surface area contributed by atoms with E-state index in [2.05, 4.69) is 21.3 Å². The molecule has 1 aromatic carbocycles. The third kappa shape index (κ3) is 4.10. The zero-order chi connectivity index (χ0) is 24.7. The van der Waals surface area contributed by atoms with Gasteiger partial charge in [0.15, 0.2) is 4.88 Å². The molecular weight excluding hydrogens is 468 g/mol. The number of benzene rings is 1.